The average molecular weight is 248 g/mol. The lowest BCUT2D eigenvalue weighted by Crippen LogP contribution is -1.98. The van der Waals surface area contributed by atoms with Crippen LogP contribution in [0.25, 0.3) is 0 Å². The first-order chi connectivity index (χ1) is 8.10. The Hall–Kier alpha value is -1.26. The minimum Gasteiger partial charge on any atom is -0.436 e. The van der Waals surface area contributed by atoms with Gasteiger partial charge in [-0.15, -0.1) is 0 Å². The van der Waals surface area contributed by atoms with Gasteiger partial charge in [0.05, 0.1) is 5.69 Å². The number of hydrogen-bond donors (Lipinski definition) is 1. The number of nitrogens with two attached hydrogens (primary N) is 1. The molecule has 2 N–H and O–H groups in total. The molecule has 0 atom stereocenters. The smallest absolute Gasteiger partial charge is 0.260 e. The molecule has 0 aliphatic rings. The van der Waals surface area contributed by atoms with Crippen LogP contribution in [0.1, 0.15) is 22.6 Å². The SMILES string of the molecule is Cc1cc(Sc2nc(C)c(C)o2)ccc1CN. The van der Waals surface area contributed by atoms with E-state index in [1.807, 2.05) is 13.8 Å². The Labute approximate surface area is 105 Å². The van der Waals surface area contributed by atoms with Gasteiger partial charge in [0.2, 0.25) is 0 Å². The highest BCUT2D eigenvalue weighted by molar-refractivity contribution is 7.99. The van der Waals surface area contributed by atoms with Crippen molar-refractivity contribution in [1.82, 2.24) is 4.98 Å². The summed E-state index contributed by atoms with van der Waals surface area (Å²) >= 11 is 1.54. The third kappa shape index (κ3) is 2.70. The zero-order valence-electron chi connectivity index (χ0n) is 10.3. The second kappa shape index (κ2) is 4.94. The van der Waals surface area contributed by atoms with E-state index >= 15 is 0 Å². The minimum atomic E-state index is 0.577. The Morgan fingerprint density at radius 2 is 2.06 bits per heavy atom. The van der Waals surface area contributed by atoms with Gasteiger partial charge >= 0.3 is 0 Å². The molecule has 0 unspecified atom stereocenters. The van der Waals surface area contributed by atoms with Crippen molar-refractivity contribution in [2.24, 2.45) is 5.73 Å². The molecular formula is C13H16N2OS. The quantitative estimate of drug-likeness (QED) is 0.906. The lowest BCUT2D eigenvalue weighted by molar-refractivity contribution is 0.431. The lowest BCUT2D eigenvalue weighted by atomic mass is 10.1. The van der Waals surface area contributed by atoms with E-state index in [9.17, 15) is 0 Å². The van der Waals surface area contributed by atoms with Crippen LogP contribution >= 0.6 is 11.8 Å². The van der Waals surface area contributed by atoms with E-state index in [1.165, 1.54) is 22.9 Å². The van der Waals surface area contributed by atoms with Gasteiger partial charge in [0, 0.05) is 11.4 Å². The van der Waals surface area contributed by atoms with Crippen LogP contribution in [-0.2, 0) is 6.54 Å². The van der Waals surface area contributed by atoms with Crippen molar-refractivity contribution in [1.29, 1.82) is 0 Å². The van der Waals surface area contributed by atoms with Crippen molar-refractivity contribution < 1.29 is 4.42 Å². The summed E-state index contributed by atoms with van der Waals surface area (Å²) in [4.78, 5) is 5.48. The van der Waals surface area contributed by atoms with Crippen molar-refractivity contribution in [2.45, 2.75) is 37.4 Å². The monoisotopic (exact) mass is 248 g/mol. The molecule has 0 bridgehead atoms. The predicted octanol–water partition coefficient (Wildman–Crippen LogP) is 3.21. The molecule has 0 aliphatic heterocycles. The number of benzene rings is 1. The number of hydrogen-bond acceptors (Lipinski definition) is 4. The molecule has 0 fully saturated rings. The Bertz CT molecular complexity index is 515. The zero-order valence-corrected chi connectivity index (χ0v) is 11.1. The largest absolute Gasteiger partial charge is 0.436 e. The summed E-state index contributed by atoms with van der Waals surface area (Å²) in [6, 6.07) is 6.22. The van der Waals surface area contributed by atoms with Crippen molar-refractivity contribution in [3.05, 3.63) is 40.8 Å². The van der Waals surface area contributed by atoms with Gasteiger partial charge in [-0.05, 0) is 55.8 Å². The molecular weight excluding hydrogens is 232 g/mol. The van der Waals surface area contributed by atoms with Gasteiger partial charge in [-0.25, -0.2) is 4.98 Å². The van der Waals surface area contributed by atoms with Crippen LogP contribution in [0.15, 0.2) is 32.7 Å². The number of aromatic nitrogens is 1. The zero-order chi connectivity index (χ0) is 12.4. The number of nitrogens with zero attached hydrogens (tertiary/aromatic N) is 1. The second-order valence-electron chi connectivity index (χ2n) is 4.02. The Balaban J connectivity index is 2.21. The summed E-state index contributed by atoms with van der Waals surface area (Å²) in [6.45, 7) is 6.52. The van der Waals surface area contributed by atoms with E-state index in [4.69, 9.17) is 10.2 Å². The van der Waals surface area contributed by atoms with Crippen LogP contribution in [0.3, 0.4) is 0 Å². The van der Waals surface area contributed by atoms with Crippen molar-refractivity contribution in [3.63, 3.8) is 0 Å². The highest BCUT2D eigenvalue weighted by Crippen LogP contribution is 2.29. The van der Waals surface area contributed by atoms with Crippen LogP contribution in [0, 0.1) is 20.8 Å². The maximum Gasteiger partial charge on any atom is 0.260 e. The lowest BCUT2D eigenvalue weighted by Gasteiger charge is -2.04. The number of aryl methyl sites for hydroxylation is 3. The van der Waals surface area contributed by atoms with E-state index in [2.05, 4.69) is 30.1 Å². The Morgan fingerprint density at radius 3 is 2.59 bits per heavy atom. The summed E-state index contributed by atoms with van der Waals surface area (Å²) in [5.74, 6) is 0.878. The highest BCUT2D eigenvalue weighted by atomic mass is 32.2. The average Bonchev–Trinajstić information content (AvgIpc) is 2.58. The first kappa shape index (κ1) is 12.2. The fourth-order valence-electron chi connectivity index (χ4n) is 1.55. The summed E-state index contributed by atoms with van der Waals surface area (Å²) in [5.41, 5.74) is 8.97. The summed E-state index contributed by atoms with van der Waals surface area (Å²) in [6.07, 6.45) is 0. The third-order valence-electron chi connectivity index (χ3n) is 2.75. The molecule has 0 spiro atoms. The summed E-state index contributed by atoms with van der Waals surface area (Å²) < 4.78 is 5.54. The molecule has 17 heavy (non-hydrogen) atoms. The number of rotatable bonds is 3. The van der Waals surface area contributed by atoms with Gasteiger partial charge in [-0.1, -0.05) is 6.07 Å². The fourth-order valence-corrected chi connectivity index (χ4v) is 2.47. The Kier molecular flexibility index (Phi) is 3.54. The van der Waals surface area contributed by atoms with Crippen LogP contribution in [0.4, 0.5) is 0 Å². The topological polar surface area (TPSA) is 52.0 Å². The fraction of sp³-hybridized carbons (Fsp3) is 0.308. The van der Waals surface area contributed by atoms with Gasteiger partial charge in [0.25, 0.3) is 5.22 Å². The molecule has 0 amide bonds. The molecule has 2 aromatic rings. The molecule has 0 saturated heterocycles. The minimum absolute atomic E-state index is 0.577. The van der Waals surface area contributed by atoms with Gasteiger partial charge in [0.1, 0.15) is 5.76 Å². The van der Waals surface area contributed by atoms with Crippen molar-refractivity contribution in [2.75, 3.05) is 0 Å². The molecule has 4 heteroatoms. The van der Waals surface area contributed by atoms with Gasteiger partial charge in [0.15, 0.2) is 0 Å². The van der Waals surface area contributed by atoms with Gasteiger partial charge < -0.3 is 10.2 Å². The molecule has 2 rings (SSSR count). The molecule has 0 radical (unpaired) electrons. The molecule has 1 heterocycles. The molecule has 1 aromatic carbocycles. The molecule has 3 nitrogen and oxygen atoms in total. The molecule has 1 aromatic heterocycles. The molecule has 90 valence electrons. The predicted molar refractivity (Wildman–Crippen MR) is 69.2 cm³/mol. The van der Waals surface area contributed by atoms with Crippen molar-refractivity contribution in [3.8, 4) is 0 Å². The summed E-state index contributed by atoms with van der Waals surface area (Å²) in [7, 11) is 0. The highest BCUT2D eigenvalue weighted by Gasteiger charge is 2.08. The summed E-state index contributed by atoms with van der Waals surface area (Å²) in [5, 5.41) is 0.694. The van der Waals surface area contributed by atoms with Crippen LogP contribution in [0.2, 0.25) is 0 Å². The maximum absolute atomic E-state index is 5.64. The normalized spacial score (nSPS) is 10.8. The first-order valence-electron chi connectivity index (χ1n) is 5.51. The first-order valence-corrected chi connectivity index (χ1v) is 6.33. The Morgan fingerprint density at radius 1 is 1.29 bits per heavy atom. The van der Waals surface area contributed by atoms with Crippen LogP contribution < -0.4 is 5.73 Å². The van der Waals surface area contributed by atoms with Gasteiger partial charge in [-0.3, -0.25) is 0 Å². The van der Waals surface area contributed by atoms with E-state index in [0.29, 0.717) is 11.8 Å². The second-order valence-corrected chi connectivity index (χ2v) is 5.04. The van der Waals surface area contributed by atoms with E-state index < -0.39 is 0 Å². The van der Waals surface area contributed by atoms with Crippen LogP contribution in [-0.4, -0.2) is 4.98 Å². The van der Waals surface area contributed by atoms with E-state index in [1.54, 1.807) is 0 Å². The molecule has 0 aliphatic carbocycles. The standard InChI is InChI=1S/C13H16N2OS/c1-8-6-12(5-4-11(8)7-14)17-13-15-9(2)10(3)16-13/h4-6H,7,14H2,1-3H3. The molecule has 0 saturated carbocycles. The third-order valence-corrected chi connectivity index (χ3v) is 3.59. The number of oxazole rings is 1. The van der Waals surface area contributed by atoms with E-state index in [0.717, 1.165) is 16.3 Å². The van der Waals surface area contributed by atoms with Gasteiger partial charge in [-0.2, -0.15) is 0 Å². The van der Waals surface area contributed by atoms with Crippen molar-refractivity contribution >= 4 is 11.8 Å². The maximum atomic E-state index is 5.64. The van der Waals surface area contributed by atoms with E-state index in [-0.39, 0.29) is 0 Å². The van der Waals surface area contributed by atoms with Crippen LogP contribution in [0.5, 0.6) is 0 Å².